The number of amides is 2. The summed E-state index contributed by atoms with van der Waals surface area (Å²) in [7, 11) is 4.55. The second kappa shape index (κ2) is 9.77. The van der Waals surface area contributed by atoms with Crippen LogP contribution in [0.15, 0.2) is 41.3 Å². The van der Waals surface area contributed by atoms with E-state index in [9.17, 15) is 9.59 Å². The van der Waals surface area contributed by atoms with Crippen molar-refractivity contribution < 1.29 is 28.5 Å². The van der Waals surface area contributed by atoms with Gasteiger partial charge in [-0.25, -0.2) is 0 Å². The van der Waals surface area contributed by atoms with Gasteiger partial charge in [0.1, 0.15) is 18.1 Å². The number of imide groups is 1. The normalized spacial score (nSPS) is 14.9. The number of nitrogens with zero attached hydrogens (tertiary/aromatic N) is 1. The van der Waals surface area contributed by atoms with Gasteiger partial charge in [-0.3, -0.25) is 14.5 Å². The van der Waals surface area contributed by atoms with E-state index >= 15 is 0 Å². The third kappa shape index (κ3) is 4.83. The highest BCUT2D eigenvalue weighted by atomic mass is 35.5. The molecule has 30 heavy (non-hydrogen) atoms. The monoisotopic (exact) mass is 449 g/mol. The van der Waals surface area contributed by atoms with Crippen LogP contribution in [0.1, 0.15) is 5.56 Å². The smallest absolute Gasteiger partial charge is 0.293 e. The Kier molecular flexibility index (Phi) is 7.12. The van der Waals surface area contributed by atoms with Gasteiger partial charge in [0.25, 0.3) is 11.1 Å². The van der Waals surface area contributed by atoms with Crippen molar-refractivity contribution in [2.75, 3.05) is 34.5 Å². The van der Waals surface area contributed by atoms with Crippen LogP contribution in [-0.4, -0.2) is 50.5 Å². The summed E-state index contributed by atoms with van der Waals surface area (Å²) < 4.78 is 21.5. The molecule has 9 heteroatoms. The molecule has 0 unspecified atom stereocenters. The number of ether oxygens (including phenoxy) is 4. The summed E-state index contributed by atoms with van der Waals surface area (Å²) in [5.74, 6) is 1.70. The van der Waals surface area contributed by atoms with E-state index in [0.717, 1.165) is 16.7 Å². The molecule has 0 saturated carbocycles. The quantitative estimate of drug-likeness (QED) is 0.550. The Labute approximate surface area is 183 Å². The van der Waals surface area contributed by atoms with Crippen LogP contribution in [0.2, 0.25) is 5.02 Å². The lowest BCUT2D eigenvalue weighted by Gasteiger charge is -2.13. The van der Waals surface area contributed by atoms with Crippen LogP contribution in [0.5, 0.6) is 23.0 Å². The maximum Gasteiger partial charge on any atom is 0.293 e. The highest BCUT2D eigenvalue weighted by Gasteiger charge is 2.35. The lowest BCUT2D eigenvalue weighted by Crippen LogP contribution is -2.32. The minimum Gasteiger partial charge on any atom is -0.496 e. The van der Waals surface area contributed by atoms with Crippen LogP contribution >= 0.6 is 23.4 Å². The molecule has 7 nitrogen and oxygen atoms in total. The summed E-state index contributed by atoms with van der Waals surface area (Å²) in [5.41, 5.74) is 0.595. The minimum absolute atomic E-state index is 0.133. The lowest BCUT2D eigenvalue weighted by atomic mass is 10.1. The average Bonchev–Trinajstić information content (AvgIpc) is 3.02. The van der Waals surface area contributed by atoms with Crippen molar-refractivity contribution in [3.63, 3.8) is 0 Å². The molecule has 1 saturated heterocycles. The van der Waals surface area contributed by atoms with E-state index in [2.05, 4.69) is 0 Å². The molecule has 0 bridgehead atoms. The Bertz CT molecular complexity index is 976. The van der Waals surface area contributed by atoms with Crippen molar-refractivity contribution in [2.45, 2.75) is 0 Å². The number of hydrogen-bond donors (Lipinski definition) is 0. The van der Waals surface area contributed by atoms with E-state index in [1.54, 1.807) is 42.5 Å². The van der Waals surface area contributed by atoms with Gasteiger partial charge in [-0.1, -0.05) is 11.6 Å². The van der Waals surface area contributed by atoms with Crippen molar-refractivity contribution in [2.24, 2.45) is 0 Å². The number of thioether (sulfide) groups is 1. The molecule has 2 amide bonds. The molecule has 1 aliphatic heterocycles. The van der Waals surface area contributed by atoms with Gasteiger partial charge >= 0.3 is 0 Å². The fourth-order valence-corrected chi connectivity index (χ4v) is 3.77. The van der Waals surface area contributed by atoms with Crippen molar-refractivity contribution in [3.05, 3.63) is 51.9 Å². The van der Waals surface area contributed by atoms with Crippen molar-refractivity contribution in [1.29, 1.82) is 0 Å². The van der Waals surface area contributed by atoms with Crippen LogP contribution in [-0.2, 0) is 4.79 Å². The van der Waals surface area contributed by atoms with E-state index in [1.165, 1.54) is 21.3 Å². The molecule has 3 rings (SSSR count). The molecular formula is C21H20ClNO6S. The molecule has 0 atom stereocenters. The van der Waals surface area contributed by atoms with E-state index in [-0.39, 0.29) is 29.2 Å². The molecule has 1 aliphatic rings. The van der Waals surface area contributed by atoms with Gasteiger partial charge in [0, 0.05) is 16.7 Å². The zero-order valence-electron chi connectivity index (χ0n) is 16.6. The van der Waals surface area contributed by atoms with E-state index < -0.39 is 0 Å². The zero-order valence-corrected chi connectivity index (χ0v) is 18.2. The molecule has 0 N–H and O–H groups in total. The molecule has 0 radical (unpaired) electrons. The van der Waals surface area contributed by atoms with E-state index in [0.29, 0.717) is 33.6 Å². The predicted octanol–water partition coefficient (Wildman–Crippen LogP) is 4.48. The van der Waals surface area contributed by atoms with Crippen molar-refractivity contribution in [1.82, 2.24) is 4.90 Å². The summed E-state index contributed by atoms with van der Waals surface area (Å²) in [6.45, 7) is 0.306. The average molecular weight is 450 g/mol. The maximum atomic E-state index is 12.7. The molecule has 0 aromatic heterocycles. The summed E-state index contributed by atoms with van der Waals surface area (Å²) in [4.78, 5) is 26.5. The molecule has 1 fully saturated rings. The fourth-order valence-electron chi connectivity index (χ4n) is 2.79. The molecule has 158 valence electrons. The second-order valence-electron chi connectivity index (χ2n) is 6.08. The first-order valence-electron chi connectivity index (χ1n) is 8.90. The Hall–Kier alpha value is -2.84. The van der Waals surface area contributed by atoms with E-state index in [1.807, 2.05) is 0 Å². The van der Waals surface area contributed by atoms with Crippen LogP contribution in [0, 0.1) is 0 Å². The maximum absolute atomic E-state index is 12.7. The van der Waals surface area contributed by atoms with E-state index in [4.69, 9.17) is 30.5 Å². The number of hydrogen-bond acceptors (Lipinski definition) is 7. The van der Waals surface area contributed by atoms with Gasteiger partial charge in [0.05, 0.1) is 32.8 Å². The highest BCUT2D eigenvalue weighted by molar-refractivity contribution is 8.18. The van der Waals surface area contributed by atoms with Gasteiger partial charge in [0.15, 0.2) is 11.5 Å². The Morgan fingerprint density at radius 1 is 0.967 bits per heavy atom. The first-order chi connectivity index (χ1) is 14.5. The molecule has 0 spiro atoms. The van der Waals surface area contributed by atoms with Gasteiger partial charge in [-0.15, -0.1) is 0 Å². The third-order valence-corrected chi connectivity index (χ3v) is 5.45. The number of methoxy groups -OCH3 is 3. The van der Waals surface area contributed by atoms with Crippen LogP contribution < -0.4 is 18.9 Å². The van der Waals surface area contributed by atoms with Crippen LogP contribution in [0.25, 0.3) is 6.08 Å². The fraction of sp³-hybridized carbons (Fsp3) is 0.238. The van der Waals surface area contributed by atoms with Gasteiger partial charge < -0.3 is 18.9 Å². The third-order valence-electron chi connectivity index (χ3n) is 4.29. The lowest BCUT2D eigenvalue weighted by molar-refractivity contribution is -0.123. The number of halogens is 1. The first-order valence-corrected chi connectivity index (χ1v) is 10.1. The molecule has 2 aromatic rings. The van der Waals surface area contributed by atoms with Crippen LogP contribution in [0.4, 0.5) is 4.79 Å². The summed E-state index contributed by atoms with van der Waals surface area (Å²) in [5, 5.41) is 0.245. The van der Waals surface area contributed by atoms with Gasteiger partial charge in [-0.05, 0) is 48.2 Å². The predicted molar refractivity (Wildman–Crippen MR) is 116 cm³/mol. The number of carbonyl (C=O) groups is 2. The summed E-state index contributed by atoms with van der Waals surface area (Å²) in [6.07, 6.45) is 1.60. The minimum atomic E-state index is -0.387. The van der Waals surface area contributed by atoms with Crippen molar-refractivity contribution in [3.8, 4) is 23.0 Å². The molecule has 0 aliphatic carbocycles. The SMILES string of the molecule is COc1cc(OC)c(OC)cc1/C=C1\SC(=O)N(CCOc2ccc(Cl)cc2)C1=O. The molecule has 1 heterocycles. The summed E-state index contributed by atoms with van der Waals surface area (Å²) >= 11 is 6.71. The Balaban J connectivity index is 1.73. The van der Waals surface area contributed by atoms with Gasteiger partial charge in [0.2, 0.25) is 0 Å². The topological polar surface area (TPSA) is 74.3 Å². The molecule has 2 aromatic carbocycles. The number of rotatable bonds is 8. The molecular weight excluding hydrogens is 430 g/mol. The zero-order chi connectivity index (χ0) is 21.7. The largest absolute Gasteiger partial charge is 0.496 e. The first kappa shape index (κ1) is 21.9. The standard InChI is InChI=1S/C21H20ClNO6S/c1-26-16-12-18(28-3)17(27-2)10-13(16)11-19-20(24)23(21(25)30-19)8-9-29-15-6-4-14(22)5-7-15/h4-7,10-12H,8-9H2,1-3H3/b19-11-. The number of benzene rings is 2. The summed E-state index contributed by atoms with van der Waals surface area (Å²) in [6, 6.07) is 10.2. The van der Waals surface area contributed by atoms with Gasteiger partial charge in [-0.2, -0.15) is 0 Å². The highest BCUT2D eigenvalue weighted by Crippen LogP contribution is 2.38. The Morgan fingerprint density at radius 2 is 1.60 bits per heavy atom. The second-order valence-corrected chi connectivity index (χ2v) is 7.51. The Morgan fingerprint density at radius 3 is 2.23 bits per heavy atom. The van der Waals surface area contributed by atoms with Crippen LogP contribution in [0.3, 0.4) is 0 Å². The number of carbonyl (C=O) groups excluding carboxylic acids is 2. The van der Waals surface area contributed by atoms with Crippen molar-refractivity contribution >= 4 is 40.6 Å².